The van der Waals surface area contributed by atoms with E-state index in [1.807, 2.05) is 36.6 Å². The fourth-order valence-electron chi connectivity index (χ4n) is 2.02. The van der Waals surface area contributed by atoms with Crippen LogP contribution in [0.15, 0.2) is 40.9 Å². The number of aryl methyl sites for hydroxylation is 1. The normalized spacial score (nSPS) is 10.8. The SMILES string of the molecule is Cc1cccc(-n2nnnc2SCC(=O)c2cccs2)c1C. The molecule has 0 aliphatic heterocycles. The molecule has 3 rings (SSSR count). The zero-order chi connectivity index (χ0) is 15.5. The van der Waals surface area contributed by atoms with Crippen molar-refractivity contribution in [2.75, 3.05) is 5.75 Å². The van der Waals surface area contributed by atoms with Crippen LogP contribution >= 0.6 is 23.1 Å². The fraction of sp³-hybridized carbons (Fsp3) is 0.200. The third-order valence-electron chi connectivity index (χ3n) is 3.37. The van der Waals surface area contributed by atoms with Gasteiger partial charge in [-0.2, -0.15) is 4.68 Å². The molecule has 7 heteroatoms. The zero-order valence-corrected chi connectivity index (χ0v) is 13.8. The Kier molecular flexibility index (Phi) is 4.35. The number of hydrogen-bond donors (Lipinski definition) is 0. The van der Waals surface area contributed by atoms with Crippen LogP contribution in [0, 0.1) is 13.8 Å². The highest BCUT2D eigenvalue weighted by molar-refractivity contribution is 7.99. The predicted octanol–water partition coefficient (Wildman–Crippen LogP) is 3.32. The van der Waals surface area contributed by atoms with Gasteiger partial charge in [0.1, 0.15) is 0 Å². The van der Waals surface area contributed by atoms with Crippen LogP contribution in [-0.2, 0) is 0 Å². The van der Waals surface area contributed by atoms with Crippen molar-refractivity contribution in [3.05, 3.63) is 51.7 Å². The molecule has 1 aromatic carbocycles. The topological polar surface area (TPSA) is 60.7 Å². The second-order valence-electron chi connectivity index (χ2n) is 4.78. The third-order valence-corrected chi connectivity index (χ3v) is 5.20. The van der Waals surface area contributed by atoms with Gasteiger partial charge in [0.05, 0.1) is 16.3 Å². The second kappa shape index (κ2) is 6.41. The van der Waals surface area contributed by atoms with Crippen LogP contribution in [0.5, 0.6) is 0 Å². The van der Waals surface area contributed by atoms with Crippen LogP contribution in [0.4, 0.5) is 0 Å². The van der Waals surface area contributed by atoms with Crippen LogP contribution in [0.2, 0.25) is 0 Å². The van der Waals surface area contributed by atoms with E-state index in [2.05, 4.69) is 28.5 Å². The second-order valence-corrected chi connectivity index (χ2v) is 6.67. The van der Waals surface area contributed by atoms with Crippen molar-refractivity contribution < 1.29 is 4.79 Å². The number of carbonyl (C=O) groups is 1. The third kappa shape index (κ3) is 2.95. The van der Waals surface area contributed by atoms with E-state index in [1.54, 1.807) is 4.68 Å². The van der Waals surface area contributed by atoms with Gasteiger partial charge in [0.25, 0.3) is 0 Å². The number of tetrazole rings is 1. The molecule has 0 saturated carbocycles. The Labute approximate surface area is 136 Å². The van der Waals surface area contributed by atoms with Gasteiger partial charge in [0, 0.05) is 0 Å². The van der Waals surface area contributed by atoms with E-state index in [9.17, 15) is 4.79 Å². The number of hydrogen-bond acceptors (Lipinski definition) is 6. The molecule has 3 aromatic rings. The zero-order valence-electron chi connectivity index (χ0n) is 12.2. The first kappa shape index (κ1) is 14.9. The standard InChI is InChI=1S/C15H14N4OS2/c1-10-5-3-6-12(11(10)2)19-15(16-17-18-19)22-9-13(20)14-7-4-8-21-14/h3-8H,9H2,1-2H3. The van der Waals surface area contributed by atoms with Crippen molar-refractivity contribution in [3.8, 4) is 5.69 Å². The lowest BCUT2D eigenvalue weighted by Gasteiger charge is -2.09. The van der Waals surface area contributed by atoms with E-state index in [1.165, 1.54) is 28.7 Å². The summed E-state index contributed by atoms with van der Waals surface area (Å²) in [5, 5.41) is 14.4. The first-order valence-corrected chi connectivity index (χ1v) is 8.58. The molecule has 2 aromatic heterocycles. The summed E-state index contributed by atoms with van der Waals surface area (Å²) in [6, 6.07) is 9.72. The molecule has 5 nitrogen and oxygen atoms in total. The summed E-state index contributed by atoms with van der Waals surface area (Å²) in [4.78, 5) is 12.8. The van der Waals surface area contributed by atoms with Gasteiger partial charge in [0.2, 0.25) is 5.16 Å². The minimum Gasteiger partial charge on any atom is -0.292 e. The molecule has 0 bridgehead atoms. The highest BCUT2D eigenvalue weighted by Gasteiger charge is 2.14. The minimum absolute atomic E-state index is 0.0931. The van der Waals surface area contributed by atoms with E-state index in [-0.39, 0.29) is 5.78 Å². The molecule has 0 unspecified atom stereocenters. The van der Waals surface area contributed by atoms with Gasteiger partial charge in [-0.1, -0.05) is 30.0 Å². The smallest absolute Gasteiger partial charge is 0.214 e. The van der Waals surface area contributed by atoms with Gasteiger partial charge in [-0.05, 0) is 52.9 Å². The number of thiophene rings is 1. The molecule has 0 saturated heterocycles. The van der Waals surface area contributed by atoms with Gasteiger partial charge in [-0.3, -0.25) is 4.79 Å². The van der Waals surface area contributed by atoms with Gasteiger partial charge in [-0.25, -0.2) is 0 Å². The van der Waals surface area contributed by atoms with Gasteiger partial charge >= 0.3 is 0 Å². The van der Waals surface area contributed by atoms with Crippen molar-refractivity contribution in [3.63, 3.8) is 0 Å². The molecule has 22 heavy (non-hydrogen) atoms. The average molecular weight is 330 g/mol. The van der Waals surface area contributed by atoms with Crippen LogP contribution in [-0.4, -0.2) is 31.7 Å². The van der Waals surface area contributed by atoms with Crippen LogP contribution in [0.25, 0.3) is 5.69 Å². The number of nitrogens with zero attached hydrogens (tertiary/aromatic N) is 4. The minimum atomic E-state index is 0.0931. The number of aromatic nitrogens is 4. The predicted molar refractivity (Wildman–Crippen MR) is 88.0 cm³/mol. The number of rotatable bonds is 5. The van der Waals surface area contributed by atoms with E-state index in [0.717, 1.165) is 16.1 Å². The lowest BCUT2D eigenvalue weighted by molar-refractivity contribution is 0.102. The van der Waals surface area contributed by atoms with Crippen LogP contribution in [0.3, 0.4) is 0 Å². The number of carbonyl (C=O) groups excluding carboxylic acids is 1. The first-order valence-electron chi connectivity index (χ1n) is 6.71. The molecule has 0 spiro atoms. The summed E-state index contributed by atoms with van der Waals surface area (Å²) in [6.45, 7) is 4.09. The van der Waals surface area contributed by atoms with Gasteiger partial charge in [-0.15, -0.1) is 16.4 Å². The molecule has 0 atom stereocenters. The first-order chi connectivity index (χ1) is 10.7. The number of ketones is 1. The molecular formula is C15H14N4OS2. The highest BCUT2D eigenvalue weighted by Crippen LogP contribution is 2.23. The van der Waals surface area contributed by atoms with Gasteiger partial charge in [0.15, 0.2) is 5.78 Å². The molecule has 0 fully saturated rings. The van der Waals surface area contributed by atoms with Crippen molar-refractivity contribution in [1.29, 1.82) is 0 Å². The summed E-state index contributed by atoms with van der Waals surface area (Å²) < 4.78 is 1.69. The Hall–Kier alpha value is -1.99. The van der Waals surface area contributed by atoms with Crippen LogP contribution in [0.1, 0.15) is 20.8 Å². The average Bonchev–Trinajstić information content (AvgIpc) is 3.18. The molecule has 0 radical (unpaired) electrons. The number of Topliss-reactive ketones (excluding diaryl/α,β-unsaturated/α-hetero) is 1. The van der Waals surface area contributed by atoms with Crippen molar-refractivity contribution in [2.24, 2.45) is 0 Å². The number of benzene rings is 1. The van der Waals surface area contributed by atoms with Crippen LogP contribution < -0.4 is 0 Å². The Balaban J connectivity index is 1.81. The summed E-state index contributed by atoms with van der Waals surface area (Å²) in [5.74, 6) is 0.418. The maximum absolute atomic E-state index is 12.1. The maximum Gasteiger partial charge on any atom is 0.214 e. The summed E-state index contributed by atoms with van der Waals surface area (Å²) in [5.41, 5.74) is 3.25. The summed E-state index contributed by atoms with van der Waals surface area (Å²) in [6.07, 6.45) is 0. The Morgan fingerprint density at radius 1 is 1.27 bits per heavy atom. The lowest BCUT2D eigenvalue weighted by atomic mass is 10.1. The Morgan fingerprint density at radius 2 is 2.14 bits per heavy atom. The number of thioether (sulfide) groups is 1. The molecule has 2 heterocycles. The van der Waals surface area contributed by atoms with E-state index < -0.39 is 0 Å². The Morgan fingerprint density at radius 3 is 2.91 bits per heavy atom. The highest BCUT2D eigenvalue weighted by atomic mass is 32.2. The van der Waals surface area contributed by atoms with Crippen molar-refractivity contribution in [1.82, 2.24) is 20.2 Å². The Bertz CT molecular complexity index is 796. The quantitative estimate of drug-likeness (QED) is 0.530. The lowest BCUT2D eigenvalue weighted by Crippen LogP contribution is -2.05. The van der Waals surface area contributed by atoms with E-state index in [4.69, 9.17) is 0 Å². The van der Waals surface area contributed by atoms with Crippen molar-refractivity contribution >= 4 is 28.9 Å². The molecule has 0 aliphatic rings. The maximum atomic E-state index is 12.1. The largest absolute Gasteiger partial charge is 0.292 e. The molecule has 0 N–H and O–H groups in total. The molecular weight excluding hydrogens is 316 g/mol. The van der Waals surface area contributed by atoms with Gasteiger partial charge < -0.3 is 0 Å². The summed E-state index contributed by atoms with van der Waals surface area (Å²) >= 11 is 2.81. The molecule has 112 valence electrons. The summed E-state index contributed by atoms with van der Waals surface area (Å²) in [7, 11) is 0. The van der Waals surface area contributed by atoms with E-state index in [0.29, 0.717) is 10.9 Å². The molecule has 0 aliphatic carbocycles. The monoisotopic (exact) mass is 330 g/mol. The van der Waals surface area contributed by atoms with E-state index >= 15 is 0 Å². The fourth-order valence-corrected chi connectivity index (χ4v) is 3.55. The van der Waals surface area contributed by atoms with Crippen molar-refractivity contribution in [2.45, 2.75) is 19.0 Å². The molecule has 0 amide bonds.